The third kappa shape index (κ3) is 5.01. The quantitative estimate of drug-likeness (QED) is 0.675. The molecule has 0 atom stereocenters. The lowest BCUT2D eigenvalue weighted by molar-refractivity contribution is 0.102. The summed E-state index contributed by atoms with van der Waals surface area (Å²) in [5, 5.41) is 2.64. The van der Waals surface area contributed by atoms with Crippen LogP contribution in [0.15, 0.2) is 41.3 Å². The smallest absolute Gasteiger partial charge is 0.256 e. The summed E-state index contributed by atoms with van der Waals surface area (Å²) in [6, 6.07) is 9.40. The van der Waals surface area contributed by atoms with Gasteiger partial charge in [-0.05, 0) is 37.3 Å². The Kier molecular flexibility index (Phi) is 6.67. The van der Waals surface area contributed by atoms with Crippen LogP contribution >= 0.6 is 0 Å². The number of amides is 1. The summed E-state index contributed by atoms with van der Waals surface area (Å²) >= 11 is 0. The fraction of sp³-hybridized carbons (Fsp3) is 0.294. The first-order valence-electron chi connectivity index (χ1n) is 7.79. The zero-order chi connectivity index (χ0) is 19.2. The van der Waals surface area contributed by atoms with Crippen molar-refractivity contribution in [2.75, 3.05) is 32.7 Å². The summed E-state index contributed by atoms with van der Waals surface area (Å²) < 4.78 is 37.3. The maximum Gasteiger partial charge on any atom is 0.256 e. The van der Waals surface area contributed by atoms with Crippen LogP contribution in [0, 0.1) is 6.92 Å². The summed E-state index contributed by atoms with van der Waals surface area (Å²) in [6.07, 6.45) is 0. The molecule has 0 bridgehead atoms. The first kappa shape index (κ1) is 19.8. The van der Waals surface area contributed by atoms with Crippen molar-refractivity contribution in [2.24, 2.45) is 0 Å². The maximum absolute atomic E-state index is 12.5. The van der Waals surface area contributed by atoms with Gasteiger partial charge in [0.15, 0.2) is 0 Å². The first-order chi connectivity index (χ1) is 12.4. The molecule has 0 aliphatic carbocycles. The molecule has 2 rings (SSSR count). The van der Waals surface area contributed by atoms with Crippen LogP contribution in [0.1, 0.15) is 16.1 Å². The van der Waals surface area contributed by atoms with Crippen LogP contribution in [-0.4, -0.2) is 46.7 Å². The molecule has 0 fully saturated rings. The van der Waals surface area contributed by atoms with Gasteiger partial charge >= 0.3 is 0 Å². The number of nitrogens with one attached hydrogen (secondary N) is 2. The van der Waals surface area contributed by atoms with Crippen molar-refractivity contribution in [3.8, 4) is 5.75 Å². The molecule has 0 unspecified atom stereocenters. The molecule has 1 amide bonds. The van der Waals surface area contributed by atoms with E-state index in [4.69, 9.17) is 9.47 Å². The van der Waals surface area contributed by atoms with Crippen LogP contribution in [-0.2, 0) is 14.8 Å². The predicted molar refractivity (Wildman–Crippen MR) is 97.0 cm³/mol. The standard InChI is InChI=1S/C17H21N3O5S/c1-12-5-4-6-16(19-12)20-17(21)13-7-8-14(25-3)15(11-13)26(22,23)18-9-10-24-2/h4-8,11,18H,9-10H2,1-3H3,(H,19,20,21). The van der Waals surface area contributed by atoms with E-state index in [0.717, 1.165) is 5.69 Å². The number of anilines is 1. The molecule has 2 N–H and O–H groups in total. The van der Waals surface area contributed by atoms with E-state index in [1.165, 1.54) is 32.4 Å². The summed E-state index contributed by atoms with van der Waals surface area (Å²) in [5.41, 5.74) is 0.921. The highest BCUT2D eigenvalue weighted by atomic mass is 32.2. The Morgan fingerprint density at radius 3 is 2.62 bits per heavy atom. The van der Waals surface area contributed by atoms with Crippen LogP contribution in [0.3, 0.4) is 0 Å². The molecule has 140 valence electrons. The van der Waals surface area contributed by atoms with Crippen LogP contribution in [0.2, 0.25) is 0 Å². The molecular formula is C17H21N3O5S. The van der Waals surface area contributed by atoms with Gasteiger partial charge in [0.2, 0.25) is 10.0 Å². The van der Waals surface area contributed by atoms with E-state index in [-0.39, 0.29) is 29.4 Å². The van der Waals surface area contributed by atoms with E-state index in [2.05, 4.69) is 15.0 Å². The highest BCUT2D eigenvalue weighted by Crippen LogP contribution is 2.25. The van der Waals surface area contributed by atoms with E-state index in [1.54, 1.807) is 25.1 Å². The Morgan fingerprint density at radius 1 is 1.19 bits per heavy atom. The van der Waals surface area contributed by atoms with Crippen LogP contribution < -0.4 is 14.8 Å². The van der Waals surface area contributed by atoms with Crippen molar-refractivity contribution in [3.63, 3.8) is 0 Å². The third-order valence-electron chi connectivity index (χ3n) is 3.44. The minimum Gasteiger partial charge on any atom is -0.495 e. The van der Waals surface area contributed by atoms with Crippen molar-refractivity contribution in [1.29, 1.82) is 0 Å². The number of aromatic nitrogens is 1. The van der Waals surface area contributed by atoms with Crippen LogP contribution in [0.4, 0.5) is 5.82 Å². The molecule has 26 heavy (non-hydrogen) atoms. The number of methoxy groups -OCH3 is 2. The highest BCUT2D eigenvalue weighted by molar-refractivity contribution is 7.89. The number of hydrogen-bond donors (Lipinski definition) is 2. The molecule has 0 spiro atoms. The average Bonchev–Trinajstić information content (AvgIpc) is 2.61. The average molecular weight is 379 g/mol. The summed E-state index contributed by atoms with van der Waals surface area (Å²) in [6.45, 7) is 2.13. The summed E-state index contributed by atoms with van der Waals surface area (Å²) in [4.78, 5) is 16.5. The van der Waals surface area contributed by atoms with Crippen molar-refractivity contribution < 1.29 is 22.7 Å². The Balaban J connectivity index is 2.29. The van der Waals surface area contributed by atoms with Gasteiger partial charge in [-0.15, -0.1) is 0 Å². The summed E-state index contributed by atoms with van der Waals surface area (Å²) in [5.74, 6) is 0.0488. The number of carbonyl (C=O) groups excluding carboxylic acids is 1. The van der Waals surface area contributed by atoms with Gasteiger partial charge in [0, 0.05) is 24.9 Å². The first-order valence-corrected chi connectivity index (χ1v) is 9.27. The number of sulfonamides is 1. The number of ether oxygens (including phenoxy) is 2. The number of benzene rings is 1. The zero-order valence-electron chi connectivity index (χ0n) is 14.8. The van der Waals surface area contributed by atoms with E-state index in [1.807, 2.05) is 0 Å². The highest BCUT2D eigenvalue weighted by Gasteiger charge is 2.21. The molecule has 1 aromatic carbocycles. The van der Waals surface area contributed by atoms with Gasteiger partial charge in [-0.2, -0.15) is 0 Å². The van der Waals surface area contributed by atoms with Crippen molar-refractivity contribution in [3.05, 3.63) is 47.7 Å². The number of aryl methyl sites for hydroxylation is 1. The van der Waals surface area contributed by atoms with Crippen molar-refractivity contribution in [1.82, 2.24) is 9.71 Å². The normalized spacial score (nSPS) is 11.2. The molecular weight excluding hydrogens is 358 g/mol. The minimum absolute atomic E-state index is 0.103. The molecule has 0 aliphatic heterocycles. The maximum atomic E-state index is 12.5. The molecule has 2 aromatic rings. The van der Waals surface area contributed by atoms with Gasteiger partial charge in [-0.3, -0.25) is 4.79 Å². The van der Waals surface area contributed by atoms with Crippen LogP contribution in [0.25, 0.3) is 0 Å². The van der Waals surface area contributed by atoms with E-state index >= 15 is 0 Å². The van der Waals surface area contributed by atoms with Crippen LogP contribution in [0.5, 0.6) is 5.75 Å². The van der Waals surface area contributed by atoms with E-state index in [0.29, 0.717) is 5.82 Å². The molecule has 0 saturated heterocycles. The SMILES string of the molecule is COCCNS(=O)(=O)c1cc(C(=O)Nc2cccc(C)n2)ccc1OC. The number of rotatable bonds is 8. The Hall–Kier alpha value is -2.49. The molecule has 0 aliphatic rings. The second-order valence-corrected chi connectivity index (χ2v) is 7.11. The van der Waals surface area contributed by atoms with Crippen molar-refractivity contribution >= 4 is 21.7 Å². The lowest BCUT2D eigenvalue weighted by atomic mass is 10.2. The molecule has 0 radical (unpaired) electrons. The monoisotopic (exact) mass is 379 g/mol. The van der Waals surface area contributed by atoms with Gasteiger partial charge in [-0.1, -0.05) is 6.07 Å². The Labute approximate surface area is 152 Å². The zero-order valence-corrected chi connectivity index (χ0v) is 15.6. The fourth-order valence-electron chi connectivity index (χ4n) is 2.18. The number of nitrogens with zero attached hydrogens (tertiary/aromatic N) is 1. The lowest BCUT2D eigenvalue weighted by Gasteiger charge is -2.12. The fourth-order valence-corrected chi connectivity index (χ4v) is 3.39. The largest absolute Gasteiger partial charge is 0.495 e. The molecule has 0 saturated carbocycles. The van der Waals surface area contributed by atoms with Gasteiger partial charge in [0.1, 0.15) is 16.5 Å². The van der Waals surface area contributed by atoms with Gasteiger partial charge in [0.05, 0.1) is 13.7 Å². The molecule has 1 heterocycles. The van der Waals surface area contributed by atoms with Gasteiger partial charge in [-0.25, -0.2) is 18.1 Å². The molecule has 8 nitrogen and oxygen atoms in total. The predicted octanol–water partition coefficient (Wildman–Crippen LogP) is 1.58. The number of hydrogen-bond acceptors (Lipinski definition) is 6. The van der Waals surface area contributed by atoms with Gasteiger partial charge in [0.25, 0.3) is 5.91 Å². The summed E-state index contributed by atoms with van der Waals surface area (Å²) in [7, 11) is -1.03. The lowest BCUT2D eigenvalue weighted by Crippen LogP contribution is -2.28. The Bertz CT molecular complexity index is 884. The molecule has 1 aromatic heterocycles. The van der Waals surface area contributed by atoms with Gasteiger partial charge < -0.3 is 14.8 Å². The third-order valence-corrected chi connectivity index (χ3v) is 4.93. The molecule has 9 heteroatoms. The second-order valence-electron chi connectivity index (χ2n) is 5.37. The second kappa shape index (κ2) is 8.75. The number of pyridine rings is 1. The van der Waals surface area contributed by atoms with E-state index in [9.17, 15) is 13.2 Å². The number of carbonyl (C=O) groups is 1. The van der Waals surface area contributed by atoms with Crippen molar-refractivity contribution in [2.45, 2.75) is 11.8 Å². The topological polar surface area (TPSA) is 107 Å². The van der Waals surface area contributed by atoms with E-state index < -0.39 is 15.9 Å². The Morgan fingerprint density at radius 2 is 1.96 bits per heavy atom. The minimum atomic E-state index is -3.86.